The summed E-state index contributed by atoms with van der Waals surface area (Å²) in [5.41, 5.74) is 2.48. The molecule has 1 aliphatic rings. The summed E-state index contributed by atoms with van der Waals surface area (Å²) >= 11 is 0. The molecule has 2 aromatic rings. The molecule has 0 bridgehead atoms. The fourth-order valence-electron chi connectivity index (χ4n) is 3.17. The number of hydrogen-bond donors (Lipinski definition) is 1. The lowest BCUT2D eigenvalue weighted by Crippen LogP contribution is -2.35. The van der Waals surface area contributed by atoms with Gasteiger partial charge in [0.15, 0.2) is 5.82 Å². The second-order valence-corrected chi connectivity index (χ2v) is 6.42. The molecule has 21 heavy (non-hydrogen) atoms. The van der Waals surface area contributed by atoms with Crippen molar-refractivity contribution in [1.29, 1.82) is 0 Å². The summed E-state index contributed by atoms with van der Waals surface area (Å²) in [6.45, 7) is 8.52. The Kier molecular flexibility index (Phi) is 3.81. The number of rotatable bonds is 4. The van der Waals surface area contributed by atoms with E-state index in [4.69, 9.17) is 9.51 Å². The van der Waals surface area contributed by atoms with Crippen LogP contribution in [0.15, 0.2) is 28.8 Å². The number of nitrogens with one attached hydrogen (secondary N) is 1. The van der Waals surface area contributed by atoms with Crippen LogP contribution >= 0.6 is 0 Å². The third-order valence-corrected chi connectivity index (χ3v) is 4.63. The van der Waals surface area contributed by atoms with E-state index in [1.165, 1.54) is 11.1 Å². The first-order valence-corrected chi connectivity index (χ1v) is 7.69. The summed E-state index contributed by atoms with van der Waals surface area (Å²) < 4.78 is 5.61. The number of aromatic nitrogens is 2. The Hall–Kier alpha value is -1.68. The van der Waals surface area contributed by atoms with Crippen LogP contribution in [0.1, 0.15) is 43.1 Å². The molecule has 2 heterocycles. The van der Waals surface area contributed by atoms with Crippen LogP contribution in [0.25, 0.3) is 0 Å². The van der Waals surface area contributed by atoms with E-state index >= 15 is 0 Å². The van der Waals surface area contributed by atoms with Crippen molar-refractivity contribution in [2.75, 3.05) is 13.1 Å². The molecule has 1 unspecified atom stereocenters. The molecule has 0 radical (unpaired) electrons. The number of benzene rings is 1. The fourth-order valence-corrected chi connectivity index (χ4v) is 3.17. The first-order chi connectivity index (χ1) is 10.1. The molecule has 0 amide bonds. The first kappa shape index (κ1) is 14.3. The van der Waals surface area contributed by atoms with Crippen LogP contribution in [-0.4, -0.2) is 23.2 Å². The lowest BCUT2D eigenvalue weighted by atomic mass is 9.76. The summed E-state index contributed by atoms with van der Waals surface area (Å²) in [4.78, 5) is 4.69. The highest BCUT2D eigenvalue weighted by Crippen LogP contribution is 2.36. The van der Waals surface area contributed by atoms with E-state index in [0.717, 1.165) is 37.6 Å². The Morgan fingerprint density at radius 1 is 1.38 bits per heavy atom. The van der Waals surface area contributed by atoms with E-state index in [9.17, 15) is 0 Å². The summed E-state index contributed by atoms with van der Waals surface area (Å²) in [6, 6.07) is 8.45. The minimum atomic E-state index is -0.00213. The zero-order valence-corrected chi connectivity index (χ0v) is 13.0. The van der Waals surface area contributed by atoms with E-state index in [1.54, 1.807) is 0 Å². The van der Waals surface area contributed by atoms with Gasteiger partial charge in [0.05, 0.1) is 5.41 Å². The van der Waals surface area contributed by atoms with Gasteiger partial charge in [-0.15, -0.1) is 0 Å². The molecule has 112 valence electrons. The predicted molar refractivity (Wildman–Crippen MR) is 82.3 cm³/mol. The molecule has 1 atom stereocenters. The maximum Gasteiger partial charge on any atom is 0.234 e. The predicted octanol–water partition coefficient (Wildman–Crippen LogP) is 2.86. The average molecular weight is 285 g/mol. The minimum absolute atomic E-state index is 0.00213. The first-order valence-electron chi connectivity index (χ1n) is 7.69. The Morgan fingerprint density at radius 3 is 2.90 bits per heavy atom. The zero-order chi connectivity index (χ0) is 14.9. The molecule has 1 aromatic carbocycles. The fraction of sp³-hybridized carbons (Fsp3) is 0.529. The van der Waals surface area contributed by atoms with E-state index in [1.807, 2.05) is 0 Å². The smallest absolute Gasteiger partial charge is 0.234 e. The second kappa shape index (κ2) is 5.60. The van der Waals surface area contributed by atoms with E-state index in [0.29, 0.717) is 5.92 Å². The molecule has 1 aliphatic heterocycles. The summed E-state index contributed by atoms with van der Waals surface area (Å²) in [5.74, 6) is 2.06. The van der Waals surface area contributed by atoms with Crippen molar-refractivity contribution in [2.24, 2.45) is 5.92 Å². The lowest BCUT2D eigenvalue weighted by molar-refractivity contribution is 0.234. The van der Waals surface area contributed by atoms with Gasteiger partial charge in [-0.1, -0.05) is 48.8 Å². The Labute approximate surface area is 126 Å². The third kappa shape index (κ3) is 2.72. The van der Waals surface area contributed by atoms with Crippen LogP contribution in [0.3, 0.4) is 0 Å². The summed E-state index contributed by atoms with van der Waals surface area (Å²) in [5, 5.41) is 7.63. The van der Waals surface area contributed by atoms with Crippen LogP contribution in [0.2, 0.25) is 0 Å². The molecular weight excluding hydrogens is 262 g/mol. The molecule has 4 heteroatoms. The Bertz CT molecular complexity index is 612. The lowest BCUT2D eigenvalue weighted by Gasteiger charge is -2.28. The molecule has 0 saturated carbocycles. The Morgan fingerprint density at radius 2 is 2.24 bits per heavy atom. The Balaban J connectivity index is 1.83. The highest BCUT2D eigenvalue weighted by atomic mass is 16.5. The SMILES string of the molecule is Cc1cccc(Cc2noc(C3(C(C)C)CCNC3)n2)c1. The van der Waals surface area contributed by atoms with E-state index in [2.05, 4.69) is 55.5 Å². The monoisotopic (exact) mass is 285 g/mol. The molecular formula is C17H23N3O. The zero-order valence-electron chi connectivity index (χ0n) is 13.0. The van der Waals surface area contributed by atoms with Crippen LogP contribution in [0.4, 0.5) is 0 Å². The third-order valence-electron chi connectivity index (χ3n) is 4.63. The van der Waals surface area contributed by atoms with Gasteiger partial charge in [-0.05, 0) is 31.4 Å². The number of hydrogen-bond acceptors (Lipinski definition) is 4. The molecule has 1 fully saturated rings. The van der Waals surface area contributed by atoms with Crippen molar-refractivity contribution in [1.82, 2.24) is 15.5 Å². The van der Waals surface area contributed by atoms with Gasteiger partial charge in [0.25, 0.3) is 0 Å². The van der Waals surface area contributed by atoms with Crippen LogP contribution in [0, 0.1) is 12.8 Å². The van der Waals surface area contributed by atoms with Crippen LogP contribution in [0.5, 0.6) is 0 Å². The molecule has 1 N–H and O–H groups in total. The number of aryl methyl sites for hydroxylation is 1. The van der Waals surface area contributed by atoms with Gasteiger partial charge in [0, 0.05) is 13.0 Å². The molecule has 1 saturated heterocycles. The quantitative estimate of drug-likeness (QED) is 0.938. The maximum absolute atomic E-state index is 5.61. The van der Waals surface area contributed by atoms with Gasteiger partial charge in [-0.2, -0.15) is 4.98 Å². The normalized spacial score (nSPS) is 22.1. The van der Waals surface area contributed by atoms with Crippen LogP contribution < -0.4 is 5.32 Å². The standard InChI is InChI=1S/C17H23N3O/c1-12(2)17(7-8-18-11-17)16-19-15(20-21-16)10-14-6-4-5-13(3)9-14/h4-6,9,12,18H,7-8,10-11H2,1-3H3. The van der Waals surface area contributed by atoms with Gasteiger partial charge in [0.2, 0.25) is 5.89 Å². The van der Waals surface area contributed by atoms with Gasteiger partial charge in [0.1, 0.15) is 0 Å². The van der Waals surface area contributed by atoms with Gasteiger partial charge in [-0.25, -0.2) is 0 Å². The van der Waals surface area contributed by atoms with Crippen molar-refractivity contribution in [3.05, 3.63) is 47.1 Å². The molecule has 1 aromatic heterocycles. The summed E-state index contributed by atoms with van der Waals surface area (Å²) in [7, 11) is 0. The van der Waals surface area contributed by atoms with E-state index < -0.39 is 0 Å². The highest BCUT2D eigenvalue weighted by molar-refractivity contribution is 5.25. The van der Waals surface area contributed by atoms with Gasteiger partial charge < -0.3 is 9.84 Å². The van der Waals surface area contributed by atoms with Crippen LogP contribution in [-0.2, 0) is 11.8 Å². The average Bonchev–Trinajstić information content (AvgIpc) is 3.07. The second-order valence-electron chi connectivity index (χ2n) is 6.42. The topological polar surface area (TPSA) is 51.0 Å². The van der Waals surface area contributed by atoms with Crippen molar-refractivity contribution < 1.29 is 4.52 Å². The van der Waals surface area contributed by atoms with E-state index in [-0.39, 0.29) is 5.41 Å². The summed E-state index contributed by atoms with van der Waals surface area (Å²) in [6.07, 6.45) is 1.80. The molecule has 3 rings (SSSR count). The van der Waals surface area contributed by atoms with Crippen molar-refractivity contribution in [3.63, 3.8) is 0 Å². The largest absolute Gasteiger partial charge is 0.339 e. The highest BCUT2D eigenvalue weighted by Gasteiger charge is 2.43. The minimum Gasteiger partial charge on any atom is -0.339 e. The van der Waals surface area contributed by atoms with Gasteiger partial charge >= 0.3 is 0 Å². The number of nitrogens with zero attached hydrogens (tertiary/aromatic N) is 2. The van der Waals surface area contributed by atoms with Crippen molar-refractivity contribution in [3.8, 4) is 0 Å². The molecule has 4 nitrogen and oxygen atoms in total. The van der Waals surface area contributed by atoms with Crippen molar-refractivity contribution in [2.45, 2.75) is 39.0 Å². The molecule has 0 aliphatic carbocycles. The van der Waals surface area contributed by atoms with Gasteiger partial charge in [-0.3, -0.25) is 0 Å². The molecule has 0 spiro atoms. The van der Waals surface area contributed by atoms with Crippen molar-refractivity contribution >= 4 is 0 Å². The maximum atomic E-state index is 5.61.